The molecule has 6 heteroatoms. The molecule has 130 valence electrons. The minimum atomic E-state index is -0.222. The molecule has 2 heterocycles. The van der Waals surface area contributed by atoms with Crippen LogP contribution >= 0.6 is 0 Å². The Morgan fingerprint density at radius 1 is 1.21 bits per heavy atom. The van der Waals surface area contributed by atoms with Gasteiger partial charge in [0, 0.05) is 12.6 Å². The van der Waals surface area contributed by atoms with Crippen LogP contribution in [0.4, 0.5) is 0 Å². The van der Waals surface area contributed by atoms with Crippen LogP contribution in [0.1, 0.15) is 26.2 Å². The average Bonchev–Trinajstić information content (AvgIpc) is 3.33. The number of nitrogens with one attached hydrogen (secondary N) is 1. The van der Waals surface area contributed by atoms with E-state index in [1.807, 2.05) is 0 Å². The molecule has 24 heavy (non-hydrogen) atoms. The Hall–Kier alpha value is -1.69. The molecular weight excluding hydrogens is 306 g/mol. The zero-order valence-electron chi connectivity index (χ0n) is 14.1. The lowest BCUT2D eigenvalue weighted by atomic mass is 9.85. The first kappa shape index (κ1) is 15.8. The number of nitrogens with zero attached hydrogens (tertiary/aromatic N) is 2. The van der Waals surface area contributed by atoms with Gasteiger partial charge in [-0.15, -0.1) is 0 Å². The highest BCUT2D eigenvalue weighted by Crippen LogP contribution is 2.52. The summed E-state index contributed by atoms with van der Waals surface area (Å²) in [6.07, 6.45) is 7.31. The summed E-state index contributed by atoms with van der Waals surface area (Å²) in [4.78, 5) is 40.9. The second-order valence-electron chi connectivity index (χ2n) is 7.49. The van der Waals surface area contributed by atoms with Crippen molar-refractivity contribution in [2.45, 2.75) is 32.2 Å². The summed E-state index contributed by atoms with van der Waals surface area (Å²) in [5, 5.41) is 2.92. The van der Waals surface area contributed by atoms with E-state index < -0.39 is 0 Å². The second kappa shape index (κ2) is 5.99. The summed E-state index contributed by atoms with van der Waals surface area (Å²) in [7, 11) is 0. The van der Waals surface area contributed by atoms with Crippen molar-refractivity contribution in [3.63, 3.8) is 0 Å². The molecule has 1 saturated carbocycles. The highest BCUT2D eigenvalue weighted by atomic mass is 16.2. The van der Waals surface area contributed by atoms with Gasteiger partial charge in [0.15, 0.2) is 0 Å². The van der Waals surface area contributed by atoms with E-state index >= 15 is 0 Å². The third-order valence-electron chi connectivity index (χ3n) is 6.30. The van der Waals surface area contributed by atoms with Crippen molar-refractivity contribution in [3.8, 4) is 0 Å². The molecule has 5 unspecified atom stereocenters. The predicted molar refractivity (Wildman–Crippen MR) is 87.7 cm³/mol. The lowest BCUT2D eigenvalue weighted by Gasteiger charge is -2.23. The van der Waals surface area contributed by atoms with E-state index in [0.29, 0.717) is 12.6 Å². The van der Waals surface area contributed by atoms with E-state index in [4.69, 9.17) is 0 Å². The van der Waals surface area contributed by atoms with Crippen LogP contribution in [0.2, 0.25) is 0 Å². The van der Waals surface area contributed by atoms with Crippen molar-refractivity contribution >= 4 is 17.7 Å². The van der Waals surface area contributed by atoms with Crippen molar-refractivity contribution in [1.29, 1.82) is 0 Å². The molecule has 3 fully saturated rings. The lowest BCUT2D eigenvalue weighted by Crippen LogP contribution is -2.45. The van der Waals surface area contributed by atoms with Gasteiger partial charge in [0.05, 0.1) is 11.8 Å². The molecule has 2 aliphatic heterocycles. The number of carbonyl (C=O) groups is 3. The summed E-state index contributed by atoms with van der Waals surface area (Å²) in [5.41, 5.74) is 0. The van der Waals surface area contributed by atoms with Gasteiger partial charge in [-0.05, 0) is 44.2 Å². The van der Waals surface area contributed by atoms with E-state index in [0.717, 1.165) is 32.4 Å². The first-order valence-corrected chi connectivity index (χ1v) is 9.14. The van der Waals surface area contributed by atoms with Gasteiger partial charge in [0.1, 0.15) is 6.54 Å². The smallest absolute Gasteiger partial charge is 0.240 e. The number of carbonyl (C=O) groups excluding carboxylic acids is 3. The normalized spacial score (nSPS) is 37.5. The van der Waals surface area contributed by atoms with Crippen LogP contribution in [0.25, 0.3) is 0 Å². The van der Waals surface area contributed by atoms with E-state index in [2.05, 4.69) is 29.3 Å². The quantitative estimate of drug-likeness (QED) is 0.585. The third kappa shape index (κ3) is 2.39. The maximum atomic E-state index is 12.6. The summed E-state index contributed by atoms with van der Waals surface area (Å²) in [6.45, 7) is 4.68. The summed E-state index contributed by atoms with van der Waals surface area (Å²) in [6, 6.07) is 0.378. The molecule has 5 atom stereocenters. The molecule has 4 rings (SSSR count). The first-order valence-electron chi connectivity index (χ1n) is 9.14. The maximum absolute atomic E-state index is 12.6. The molecule has 0 aromatic carbocycles. The summed E-state index contributed by atoms with van der Waals surface area (Å²) < 4.78 is 0. The van der Waals surface area contributed by atoms with Gasteiger partial charge in [-0.25, -0.2) is 0 Å². The minimum absolute atomic E-state index is 0.122. The summed E-state index contributed by atoms with van der Waals surface area (Å²) >= 11 is 0. The Balaban J connectivity index is 1.33. The standard InChI is InChI=1S/C18H25N3O3/c1-2-20-7-3-4-13(20)9-19-14(22)10-21-17(23)15-11-5-6-12(8-11)16(15)18(21)24/h5-6,11-13,15-16H,2-4,7-10H2,1H3,(H,19,22). The minimum Gasteiger partial charge on any atom is -0.353 e. The molecule has 0 aromatic heterocycles. The number of rotatable bonds is 5. The molecule has 0 radical (unpaired) electrons. The number of imide groups is 1. The first-order chi connectivity index (χ1) is 11.6. The van der Waals surface area contributed by atoms with Gasteiger partial charge in [-0.3, -0.25) is 24.2 Å². The Labute approximate surface area is 142 Å². The van der Waals surface area contributed by atoms with Crippen LogP contribution in [-0.4, -0.2) is 59.7 Å². The average molecular weight is 331 g/mol. The molecule has 2 aliphatic carbocycles. The van der Waals surface area contributed by atoms with Crippen LogP contribution in [0.5, 0.6) is 0 Å². The topological polar surface area (TPSA) is 69.7 Å². The van der Waals surface area contributed by atoms with Crippen LogP contribution in [0.3, 0.4) is 0 Å². The molecule has 1 N–H and O–H groups in total. The SMILES string of the molecule is CCN1CCCC1CNC(=O)CN1C(=O)C2C3C=CC(C3)C2C1=O. The number of fused-ring (bicyclic) bond motifs is 5. The number of hydrogen-bond donors (Lipinski definition) is 1. The summed E-state index contributed by atoms with van der Waals surface area (Å²) in [5.74, 6) is -0.556. The van der Waals surface area contributed by atoms with Crippen molar-refractivity contribution < 1.29 is 14.4 Å². The van der Waals surface area contributed by atoms with Gasteiger partial charge in [0.2, 0.25) is 17.7 Å². The van der Waals surface area contributed by atoms with Gasteiger partial charge < -0.3 is 5.32 Å². The Bertz CT molecular complexity index is 572. The Morgan fingerprint density at radius 2 is 1.88 bits per heavy atom. The number of likely N-dealkylation sites (N-methyl/N-ethyl adjacent to an activating group) is 1. The van der Waals surface area contributed by atoms with Crippen LogP contribution in [0.15, 0.2) is 12.2 Å². The van der Waals surface area contributed by atoms with Gasteiger partial charge in [0.25, 0.3) is 0 Å². The second-order valence-corrected chi connectivity index (χ2v) is 7.49. The van der Waals surface area contributed by atoms with E-state index in [-0.39, 0.29) is 47.9 Å². The van der Waals surface area contributed by atoms with Gasteiger partial charge >= 0.3 is 0 Å². The molecule has 6 nitrogen and oxygen atoms in total. The van der Waals surface area contributed by atoms with Crippen molar-refractivity contribution in [3.05, 3.63) is 12.2 Å². The monoisotopic (exact) mass is 331 g/mol. The number of likely N-dealkylation sites (tertiary alicyclic amines) is 2. The van der Waals surface area contributed by atoms with Crippen molar-refractivity contribution in [1.82, 2.24) is 15.1 Å². The lowest BCUT2D eigenvalue weighted by molar-refractivity contribution is -0.144. The Morgan fingerprint density at radius 3 is 2.50 bits per heavy atom. The molecule has 0 aromatic rings. The zero-order valence-corrected chi connectivity index (χ0v) is 14.1. The van der Waals surface area contributed by atoms with Crippen LogP contribution in [-0.2, 0) is 14.4 Å². The van der Waals surface area contributed by atoms with Crippen LogP contribution < -0.4 is 5.32 Å². The molecular formula is C18H25N3O3. The van der Waals surface area contributed by atoms with E-state index in [1.165, 1.54) is 4.90 Å². The van der Waals surface area contributed by atoms with E-state index in [9.17, 15) is 14.4 Å². The van der Waals surface area contributed by atoms with Crippen LogP contribution in [0, 0.1) is 23.7 Å². The molecule has 4 aliphatic rings. The van der Waals surface area contributed by atoms with Crippen molar-refractivity contribution in [2.75, 3.05) is 26.2 Å². The maximum Gasteiger partial charge on any atom is 0.240 e. The zero-order chi connectivity index (χ0) is 16.8. The molecule has 3 amide bonds. The van der Waals surface area contributed by atoms with E-state index in [1.54, 1.807) is 0 Å². The number of hydrogen-bond acceptors (Lipinski definition) is 4. The predicted octanol–water partition coefficient (Wildman–Crippen LogP) is 0.394. The highest BCUT2D eigenvalue weighted by molar-refractivity contribution is 6.08. The fourth-order valence-corrected chi connectivity index (χ4v) is 5.09. The van der Waals surface area contributed by atoms with Gasteiger partial charge in [-0.2, -0.15) is 0 Å². The number of allylic oxidation sites excluding steroid dienone is 2. The molecule has 2 saturated heterocycles. The Kier molecular flexibility index (Phi) is 3.95. The fourth-order valence-electron chi connectivity index (χ4n) is 5.09. The molecule has 0 spiro atoms. The molecule has 2 bridgehead atoms. The van der Waals surface area contributed by atoms with Crippen molar-refractivity contribution in [2.24, 2.45) is 23.7 Å². The largest absolute Gasteiger partial charge is 0.353 e. The van der Waals surface area contributed by atoms with Gasteiger partial charge in [-0.1, -0.05) is 19.1 Å². The highest BCUT2D eigenvalue weighted by Gasteiger charge is 2.59. The third-order valence-corrected chi connectivity index (χ3v) is 6.30. The fraction of sp³-hybridized carbons (Fsp3) is 0.722. The number of amides is 3.